The maximum Gasteiger partial charge on any atom is 0.299 e. The molecule has 0 bridgehead atoms. The number of methoxy groups -OCH3 is 1. The number of hydrogen-bond donors (Lipinski definition) is 1. The van der Waals surface area contributed by atoms with Crippen LogP contribution in [0.3, 0.4) is 0 Å². The van der Waals surface area contributed by atoms with Crippen molar-refractivity contribution in [3.63, 3.8) is 0 Å². The molecule has 2 N–H and O–H groups in total. The molecule has 1 aromatic heterocycles. The van der Waals surface area contributed by atoms with Crippen LogP contribution in [-0.4, -0.2) is 23.3 Å². The Morgan fingerprint density at radius 1 is 1.35 bits per heavy atom. The summed E-state index contributed by atoms with van der Waals surface area (Å²) >= 11 is 0. The smallest absolute Gasteiger partial charge is 0.299 e. The lowest BCUT2D eigenvalue weighted by molar-refractivity contribution is 0.275. The third-order valence-electron chi connectivity index (χ3n) is 2.78. The quantitative estimate of drug-likeness (QED) is 0.830. The summed E-state index contributed by atoms with van der Waals surface area (Å²) in [5.41, 5.74) is 6.79. The molecule has 0 saturated heterocycles. The monoisotopic (exact) mass is 275 g/mol. The van der Waals surface area contributed by atoms with Crippen LogP contribution < -0.4 is 20.8 Å². The third-order valence-corrected chi connectivity index (χ3v) is 2.78. The summed E-state index contributed by atoms with van der Waals surface area (Å²) in [6.07, 6.45) is 0. The molecule has 0 atom stereocenters. The molecule has 2 aromatic rings. The first-order chi connectivity index (χ1) is 9.61. The number of nitrogen functional groups attached to an aromatic ring is 1. The SMILES string of the molecule is COc1nc(C)cc(=O)n1CCOc1ccccc1N. The molecule has 0 aliphatic heterocycles. The summed E-state index contributed by atoms with van der Waals surface area (Å²) in [4.78, 5) is 16.0. The predicted molar refractivity (Wildman–Crippen MR) is 76.1 cm³/mol. The molecular formula is C14H17N3O3. The number of para-hydroxylation sites is 2. The van der Waals surface area contributed by atoms with E-state index in [-0.39, 0.29) is 11.6 Å². The van der Waals surface area contributed by atoms with Crippen LogP contribution in [0.5, 0.6) is 11.8 Å². The van der Waals surface area contributed by atoms with Crippen LogP contribution in [0.25, 0.3) is 0 Å². The molecule has 0 unspecified atom stereocenters. The average Bonchev–Trinajstić information content (AvgIpc) is 2.42. The van der Waals surface area contributed by atoms with E-state index >= 15 is 0 Å². The molecule has 0 fully saturated rings. The van der Waals surface area contributed by atoms with Gasteiger partial charge in [0.1, 0.15) is 12.4 Å². The van der Waals surface area contributed by atoms with Crippen molar-refractivity contribution < 1.29 is 9.47 Å². The van der Waals surface area contributed by atoms with Crippen LogP contribution in [0.4, 0.5) is 5.69 Å². The fraction of sp³-hybridized carbons (Fsp3) is 0.286. The van der Waals surface area contributed by atoms with Gasteiger partial charge in [-0.05, 0) is 19.1 Å². The van der Waals surface area contributed by atoms with Crippen molar-refractivity contribution >= 4 is 5.69 Å². The van der Waals surface area contributed by atoms with Crippen molar-refractivity contribution in [2.24, 2.45) is 0 Å². The first kappa shape index (κ1) is 13.9. The number of benzene rings is 1. The van der Waals surface area contributed by atoms with Gasteiger partial charge < -0.3 is 15.2 Å². The second kappa shape index (κ2) is 6.10. The number of anilines is 1. The van der Waals surface area contributed by atoms with Gasteiger partial charge in [-0.15, -0.1) is 0 Å². The minimum atomic E-state index is -0.168. The molecule has 0 saturated carbocycles. The number of rotatable bonds is 5. The minimum Gasteiger partial charge on any atom is -0.490 e. The minimum absolute atomic E-state index is 0.168. The zero-order valence-corrected chi connectivity index (χ0v) is 11.5. The van der Waals surface area contributed by atoms with Gasteiger partial charge in [-0.2, -0.15) is 0 Å². The van der Waals surface area contributed by atoms with E-state index in [0.717, 1.165) is 0 Å². The number of nitrogens with two attached hydrogens (primary N) is 1. The molecule has 6 heteroatoms. The summed E-state index contributed by atoms with van der Waals surface area (Å²) in [5, 5.41) is 0. The molecule has 0 spiro atoms. The van der Waals surface area contributed by atoms with Crippen molar-refractivity contribution in [3.05, 3.63) is 46.4 Å². The van der Waals surface area contributed by atoms with Crippen molar-refractivity contribution in [1.82, 2.24) is 9.55 Å². The van der Waals surface area contributed by atoms with Crippen LogP contribution in [0.1, 0.15) is 5.69 Å². The van der Waals surface area contributed by atoms with Gasteiger partial charge in [-0.3, -0.25) is 9.36 Å². The second-order valence-corrected chi connectivity index (χ2v) is 4.26. The molecule has 0 aliphatic carbocycles. The lowest BCUT2D eigenvalue weighted by Crippen LogP contribution is -2.25. The Labute approximate surface area is 116 Å². The van der Waals surface area contributed by atoms with Gasteiger partial charge in [0.05, 0.1) is 19.3 Å². The highest BCUT2D eigenvalue weighted by atomic mass is 16.5. The third kappa shape index (κ3) is 3.09. The molecule has 20 heavy (non-hydrogen) atoms. The van der Waals surface area contributed by atoms with Crippen molar-refractivity contribution in [2.45, 2.75) is 13.5 Å². The largest absolute Gasteiger partial charge is 0.490 e. The van der Waals surface area contributed by atoms with E-state index in [9.17, 15) is 4.79 Å². The van der Waals surface area contributed by atoms with Crippen LogP contribution >= 0.6 is 0 Å². The van der Waals surface area contributed by atoms with E-state index in [1.54, 1.807) is 19.1 Å². The fourth-order valence-corrected chi connectivity index (χ4v) is 1.81. The van der Waals surface area contributed by atoms with E-state index in [0.29, 0.717) is 30.3 Å². The molecule has 1 heterocycles. The van der Waals surface area contributed by atoms with Gasteiger partial charge in [0, 0.05) is 11.8 Å². The summed E-state index contributed by atoms with van der Waals surface area (Å²) in [6, 6.07) is 8.95. The normalized spacial score (nSPS) is 10.3. The number of nitrogens with zero attached hydrogens (tertiary/aromatic N) is 2. The molecule has 6 nitrogen and oxygen atoms in total. The van der Waals surface area contributed by atoms with Gasteiger partial charge in [0.15, 0.2) is 0 Å². The summed E-state index contributed by atoms with van der Waals surface area (Å²) in [7, 11) is 1.48. The van der Waals surface area contributed by atoms with Crippen molar-refractivity contribution in [3.8, 4) is 11.8 Å². The highest BCUT2D eigenvalue weighted by Crippen LogP contribution is 2.19. The molecule has 0 aliphatic rings. The summed E-state index contributed by atoms with van der Waals surface area (Å²) in [5.74, 6) is 0.597. The summed E-state index contributed by atoms with van der Waals surface area (Å²) in [6.45, 7) is 2.38. The van der Waals surface area contributed by atoms with Gasteiger partial charge in [-0.1, -0.05) is 12.1 Å². The van der Waals surface area contributed by atoms with Gasteiger partial charge in [0.25, 0.3) is 11.6 Å². The molecule has 0 radical (unpaired) electrons. The lowest BCUT2D eigenvalue weighted by atomic mass is 10.3. The van der Waals surface area contributed by atoms with E-state index in [4.69, 9.17) is 15.2 Å². The van der Waals surface area contributed by atoms with Crippen LogP contribution in [0.2, 0.25) is 0 Å². The van der Waals surface area contributed by atoms with Crippen LogP contribution in [0, 0.1) is 6.92 Å². The number of hydrogen-bond acceptors (Lipinski definition) is 5. The summed E-state index contributed by atoms with van der Waals surface area (Å²) < 4.78 is 12.1. The lowest BCUT2D eigenvalue weighted by Gasteiger charge is -2.12. The number of aryl methyl sites for hydroxylation is 1. The Morgan fingerprint density at radius 2 is 2.10 bits per heavy atom. The first-order valence-electron chi connectivity index (χ1n) is 6.21. The fourth-order valence-electron chi connectivity index (χ4n) is 1.81. The maximum absolute atomic E-state index is 11.9. The standard InChI is InChI=1S/C14H17N3O3/c1-10-9-13(18)17(14(16-10)19-2)7-8-20-12-6-4-3-5-11(12)15/h3-6,9H,7-8,15H2,1-2H3. The van der Waals surface area contributed by atoms with E-state index in [1.165, 1.54) is 17.7 Å². The Bertz CT molecular complexity index is 652. The van der Waals surface area contributed by atoms with E-state index in [2.05, 4.69) is 4.98 Å². The van der Waals surface area contributed by atoms with Crippen LogP contribution in [0.15, 0.2) is 35.1 Å². The molecule has 1 aromatic carbocycles. The average molecular weight is 275 g/mol. The highest BCUT2D eigenvalue weighted by molar-refractivity contribution is 5.51. The topological polar surface area (TPSA) is 79.4 Å². The predicted octanol–water partition coefficient (Wildman–Crippen LogP) is 1.22. The highest BCUT2D eigenvalue weighted by Gasteiger charge is 2.07. The van der Waals surface area contributed by atoms with E-state index < -0.39 is 0 Å². The van der Waals surface area contributed by atoms with Crippen LogP contribution in [-0.2, 0) is 6.54 Å². The first-order valence-corrected chi connectivity index (χ1v) is 6.21. The zero-order valence-electron chi connectivity index (χ0n) is 11.5. The number of ether oxygens (including phenoxy) is 2. The molecule has 0 amide bonds. The Hall–Kier alpha value is -2.50. The maximum atomic E-state index is 11.9. The molecular weight excluding hydrogens is 258 g/mol. The second-order valence-electron chi connectivity index (χ2n) is 4.26. The zero-order chi connectivity index (χ0) is 14.5. The Balaban J connectivity index is 2.08. The van der Waals surface area contributed by atoms with Gasteiger partial charge in [-0.25, -0.2) is 4.98 Å². The number of aromatic nitrogens is 2. The Kier molecular flexibility index (Phi) is 4.24. The van der Waals surface area contributed by atoms with Gasteiger partial charge in [0.2, 0.25) is 0 Å². The van der Waals surface area contributed by atoms with Crippen molar-refractivity contribution in [2.75, 3.05) is 19.5 Å². The Morgan fingerprint density at radius 3 is 2.80 bits per heavy atom. The van der Waals surface area contributed by atoms with Crippen molar-refractivity contribution in [1.29, 1.82) is 0 Å². The molecule has 106 valence electrons. The van der Waals surface area contributed by atoms with Gasteiger partial charge >= 0.3 is 0 Å². The molecule has 2 rings (SSSR count). The van der Waals surface area contributed by atoms with E-state index in [1.807, 2.05) is 12.1 Å².